The maximum absolute atomic E-state index is 12.2. The molecule has 0 radical (unpaired) electrons. The molecule has 0 atom stereocenters. The van der Waals surface area contributed by atoms with Crippen molar-refractivity contribution >= 4 is 22.6 Å². The molecule has 0 saturated carbocycles. The molecule has 0 bridgehead atoms. The summed E-state index contributed by atoms with van der Waals surface area (Å²) in [7, 11) is 1.85. The third kappa shape index (κ3) is 3.33. The lowest BCUT2D eigenvalue weighted by Crippen LogP contribution is -2.21. The Kier molecular flexibility index (Phi) is 4.44. The molecular weight excluding hydrogens is 316 g/mol. The number of rotatable bonds is 4. The molecule has 0 fully saturated rings. The van der Waals surface area contributed by atoms with Crippen LogP contribution in [-0.4, -0.2) is 27.3 Å². The van der Waals surface area contributed by atoms with Crippen LogP contribution >= 0.6 is 0 Å². The zero-order valence-electron chi connectivity index (χ0n) is 15.2. The van der Waals surface area contributed by atoms with Gasteiger partial charge in [-0.05, 0) is 50.5 Å². The van der Waals surface area contributed by atoms with Gasteiger partial charge in [0.2, 0.25) is 5.88 Å². The van der Waals surface area contributed by atoms with Crippen LogP contribution in [0.2, 0.25) is 0 Å². The van der Waals surface area contributed by atoms with Crippen LogP contribution in [0.25, 0.3) is 11.0 Å². The first-order valence-corrected chi connectivity index (χ1v) is 8.16. The molecule has 0 unspecified atom stereocenters. The van der Waals surface area contributed by atoms with Gasteiger partial charge in [-0.1, -0.05) is 12.1 Å². The molecular formula is C19H22N4O2. The summed E-state index contributed by atoms with van der Waals surface area (Å²) in [5.74, 6) is 0.207. The van der Waals surface area contributed by atoms with E-state index in [2.05, 4.69) is 15.4 Å². The van der Waals surface area contributed by atoms with Gasteiger partial charge >= 0.3 is 0 Å². The van der Waals surface area contributed by atoms with Crippen molar-refractivity contribution < 1.29 is 9.53 Å². The van der Waals surface area contributed by atoms with Gasteiger partial charge in [0.05, 0.1) is 5.69 Å². The summed E-state index contributed by atoms with van der Waals surface area (Å²) in [6, 6.07) is 7.65. The maximum atomic E-state index is 12.2. The molecule has 0 saturated heterocycles. The molecule has 1 amide bonds. The molecule has 0 aliphatic carbocycles. The topological polar surface area (TPSA) is 69.0 Å². The number of carbonyl (C=O) groups is 1. The molecule has 2 aromatic heterocycles. The Balaban J connectivity index is 1.73. The number of carbonyl (C=O) groups excluding carboxylic acids is 1. The lowest BCUT2D eigenvalue weighted by Gasteiger charge is -2.11. The third-order valence-electron chi connectivity index (χ3n) is 4.37. The molecule has 0 aliphatic heterocycles. The van der Waals surface area contributed by atoms with Gasteiger partial charge in [0.1, 0.15) is 0 Å². The van der Waals surface area contributed by atoms with Gasteiger partial charge in [-0.25, -0.2) is 0 Å². The number of hydrogen-bond acceptors (Lipinski definition) is 4. The number of ether oxygens (including phenoxy) is 1. The van der Waals surface area contributed by atoms with Crippen LogP contribution in [-0.2, 0) is 11.8 Å². The Labute approximate surface area is 146 Å². The molecule has 130 valence electrons. The molecule has 25 heavy (non-hydrogen) atoms. The summed E-state index contributed by atoms with van der Waals surface area (Å²) in [5, 5.41) is 8.28. The average molecular weight is 338 g/mol. The van der Waals surface area contributed by atoms with E-state index in [0.29, 0.717) is 5.88 Å². The van der Waals surface area contributed by atoms with E-state index in [4.69, 9.17) is 4.74 Å². The number of anilines is 1. The van der Waals surface area contributed by atoms with Crippen molar-refractivity contribution in [2.45, 2.75) is 27.7 Å². The molecule has 6 heteroatoms. The van der Waals surface area contributed by atoms with Crippen LogP contribution < -0.4 is 10.1 Å². The first-order valence-electron chi connectivity index (χ1n) is 8.16. The highest BCUT2D eigenvalue weighted by molar-refractivity contribution is 5.92. The second-order valence-corrected chi connectivity index (χ2v) is 6.27. The summed E-state index contributed by atoms with van der Waals surface area (Å²) < 4.78 is 7.32. The summed E-state index contributed by atoms with van der Waals surface area (Å²) in [6.07, 6.45) is 0. The van der Waals surface area contributed by atoms with Crippen molar-refractivity contribution in [1.29, 1.82) is 0 Å². The van der Waals surface area contributed by atoms with Crippen molar-refractivity contribution in [1.82, 2.24) is 14.8 Å². The highest BCUT2D eigenvalue weighted by Gasteiger charge is 2.13. The molecule has 3 rings (SSSR count). The summed E-state index contributed by atoms with van der Waals surface area (Å²) in [4.78, 5) is 16.7. The van der Waals surface area contributed by atoms with Crippen molar-refractivity contribution in [2.24, 2.45) is 7.05 Å². The number of nitrogens with zero attached hydrogens (tertiary/aromatic N) is 3. The number of aromatic nitrogens is 3. The van der Waals surface area contributed by atoms with Crippen LogP contribution in [0, 0.1) is 27.7 Å². The fourth-order valence-corrected chi connectivity index (χ4v) is 2.92. The van der Waals surface area contributed by atoms with Crippen molar-refractivity contribution in [3.63, 3.8) is 0 Å². The van der Waals surface area contributed by atoms with Gasteiger partial charge < -0.3 is 10.1 Å². The van der Waals surface area contributed by atoms with E-state index < -0.39 is 0 Å². The monoisotopic (exact) mass is 338 g/mol. The summed E-state index contributed by atoms with van der Waals surface area (Å²) in [6.45, 7) is 7.84. The third-order valence-corrected chi connectivity index (χ3v) is 4.37. The fourth-order valence-electron chi connectivity index (χ4n) is 2.92. The van der Waals surface area contributed by atoms with Crippen molar-refractivity contribution in [3.05, 3.63) is 46.6 Å². The first-order chi connectivity index (χ1) is 11.9. The summed E-state index contributed by atoms with van der Waals surface area (Å²) >= 11 is 0. The second-order valence-electron chi connectivity index (χ2n) is 6.27. The number of fused-ring (bicyclic) bond motifs is 1. The Morgan fingerprint density at radius 1 is 1.20 bits per heavy atom. The standard InChI is InChI=1S/C19H22N4O2/c1-11-7-6-8-15(13(11)3)20-16(24)10-25-17-9-12(2)18-14(4)22-23(5)19(18)21-17/h6-9H,10H2,1-5H3,(H,20,24). The van der Waals surface area contributed by atoms with E-state index in [0.717, 1.165) is 39.1 Å². The Morgan fingerprint density at radius 2 is 1.96 bits per heavy atom. The normalized spacial score (nSPS) is 10.9. The van der Waals surface area contributed by atoms with Crippen LogP contribution in [0.1, 0.15) is 22.4 Å². The lowest BCUT2D eigenvalue weighted by atomic mass is 10.1. The van der Waals surface area contributed by atoms with Crippen LogP contribution in [0.4, 0.5) is 5.69 Å². The first kappa shape index (κ1) is 17.0. The number of benzene rings is 1. The molecule has 0 spiro atoms. The van der Waals surface area contributed by atoms with Crippen LogP contribution in [0.3, 0.4) is 0 Å². The van der Waals surface area contributed by atoms with Crippen LogP contribution in [0.5, 0.6) is 5.88 Å². The largest absolute Gasteiger partial charge is 0.467 e. The predicted molar refractivity (Wildman–Crippen MR) is 98.0 cm³/mol. The van der Waals surface area contributed by atoms with E-state index in [1.54, 1.807) is 4.68 Å². The minimum atomic E-state index is -0.213. The second kappa shape index (κ2) is 6.55. The SMILES string of the molecule is Cc1cccc(NC(=O)COc2cc(C)c3c(C)nn(C)c3n2)c1C. The van der Waals surface area contributed by atoms with Gasteiger partial charge in [0.15, 0.2) is 12.3 Å². The van der Waals surface area contributed by atoms with Gasteiger partial charge in [-0.3, -0.25) is 9.48 Å². The van der Waals surface area contributed by atoms with Crippen molar-refractivity contribution in [3.8, 4) is 5.88 Å². The molecule has 2 heterocycles. The number of amides is 1. The molecule has 3 aromatic rings. The van der Waals surface area contributed by atoms with Gasteiger partial charge in [-0.2, -0.15) is 10.1 Å². The highest BCUT2D eigenvalue weighted by Crippen LogP contribution is 2.24. The van der Waals surface area contributed by atoms with E-state index in [-0.39, 0.29) is 12.5 Å². The zero-order chi connectivity index (χ0) is 18.1. The van der Waals surface area contributed by atoms with E-state index in [9.17, 15) is 4.79 Å². The molecule has 6 nitrogen and oxygen atoms in total. The summed E-state index contributed by atoms with van der Waals surface area (Å²) in [5.41, 5.74) is 5.70. The maximum Gasteiger partial charge on any atom is 0.262 e. The number of nitrogens with one attached hydrogen (secondary N) is 1. The van der Waals surface area contributed by atoms with Gasteiger partial charge in [-0.15, -0.1) is 0 Å². The Morgan fingerprint density at radius 3 is 2.72 bits per heavy atom. The van der Waals surface area contributed by atoms with Crippen molar-refractivity contribution in [2.75, 3.05) is 11.9 Å². The highest BCUT2D eigenvalue weighted by atomic mass is 16.5. The molecule has 1 aromatic carbocycles. The number of hydrogen-bond donors (Lipinski definition) is 1. The van der Waals surface area contributed by atoms with Crippen LogP contribution in [0.15, 0.2) is 24.3 Å². The smallest absolute Gasteiger partial charge is 0.262 e. The van der Waals surface area contributed by atoms with E-state index >= 15 is 0 Å². The number of aryl methyl sites for hydroxylation is 4. The minimum Gasteiger partial charge on any atom is -0.467 e. The average Bonchev–Trinajstić information content (AvgIpc) is 2.85. The molecule has 0 aliphatic rings. The predicted octanol–water partition coefficient (Wildman–Crippen LogP) is 3.22. The quantitative estimate of drug-likeness (QED) is 0.793. The van der Waals surface area contributed by atoms with Gasteiger partial charge in [0.25, 0.3) is 5.91 Å². The Bertz CT molecular complexity index is 960. The molecule has 1 N–H and O–H groups in total. The minimum absolute atomic E-state index is 0.0951. The van der Waals surface area contributed by atoms with Gasteiger partial charge in [0, 0.05) is 24.2 Å². The van der Waals surface area contributed by atoms with E-state index in [1.807, 2.05) is 59.0 Å². The number of pyridine rings is 1. The Hall–Kier alpha value is -2.89. The zero-order valence-corrected chi connectivity index (χ0v) is 15.2. The lowest BCUT2D eigenvalue weighted by molar-refractivity contribution is -0.118. The van der Waals surface area contributed by atoms with E-state index in [1.165, 1.54) is 0 Å². The fraction of sp³-hybridized carbons (Fsp3) is 0.316.